The summed E-state index contributed by atoms with van der Waals surface area (Å²) in [5.41, 5.74) is 0.750. The quantitative estimate of drug-likeness (QED) is 0.335. The summed E-state index contributed by atoms with van der Waals surface area (Å²) in [7, 11) is 0. The van der Waals surface area contributed by atoms with Crippen LogP contribution in [0.1, 0.15) is 116 Å². The lowest BCUT2D eigenvalue weighted by Gasteiger charge is -2.38. The van der Waals surface area contributed by atoms with Gasteiger partial charge in [0.2, 0.25) is 11.6 Å². The van der Waals surface area contributed by atoms with Gasteiger partial charge >= 0.3 is 0 Å². The molecule has 1 heterocycles. The summed E-state index contributed by atoms with van der Waals surface area (Å²) in [6, 6.07) is 1.69. The van der Waals surface area contributed by atoms with Gasteiger partial charge in [0, 0.05) is 5.56 Å². The van der Waals surface area contributed by atoms with Crippen LogP contribution >= 0.6 is 0 Å². The number of unbranched alkanes of at least 4 members (excludes halogenated alkanes) is 2. The number of halogens is 2. The van der Waals surface area contributed by atoms with Gasteiger partial charge in [-0.3, -0.25) is 0 Å². The third-order valence-electron chi connectivity index (χ3n) is 9.00. The highest BCUT2D eigenvalue weighted by Gasteiger charge is 2.32. The van der Waals surface area contributed by atoms with Crippen molar-refractivity contribution in [3.8, 4) is 11.5 Å². The van der Waals surface area contributed by atoms with Gasteiger partial charge in [0.1, 0.15) is 0 Å². The van der Waals surface area contributed by atoms with Crippen molar-refractivity contribution in [2.45, 2.75) is 123 Å². The first kappa shape index (κ1) is 25.8. The van der Waals surface area contributed by atoms with Crippen molar-refractivity contribution >= 4 is 0 Å². The summed E-state index contributed by atoms with van der Waals surface area (Å²) in [5.74, 6) is 1.62. The molecule has 0 N–H and O–H groups in total. The maximum atomic E-state index is 14.8. The first-order valence-electron chi connectivity index (χ1n) is 14.4. The van der Waals surface area contributed by atoms with Crippen molar-refractivity contribution in [3.05, 3.63) is 23.3 Å². The first-order valence-corrected chi connectivity index (χ1v) is 14.4. The topological polar surface area (TPSA) is 18.5 Å². The van der Waals surface area contributed by atoms with E-state index in [0.29, 0.717) is 12.5 Å². The normalized spacial score (nSPS) is 29.4. The van der Waals surface area contributed by atoms with Crippen LogP contribution in [0.5, 0.6) is 11.5 Å². The van der Waals surface area contributed by atoms with Crippen LogP contribution in [0.3, 0.4) is 0 Å². The maximum absolute atomic E-state index is 14.8. The lowest BCUT2D eigenvalue weighted by molar-refractivity contribution is 0.119. The molecule has 2 saturated carbocycles. The van der Waals surface area contributed by atoms with Gasteiger partial charge in [-0.15, -0.1) is 0 Å². The van der Waals surface area contributed by atoms with Crippen molar-refractivity contribution in [1.29, 1.82) is 0 Å². The summed E-state index contributed by atoms with van der Waals surface area (Å²) in [6.45, 7) is 4.92. The molecule has 0 saturated heterocycles. The van der Waals surface area contributed by atoms with E-state index in [4.69, 9.17) is 9.47 Å². The molecular formula is C30H46F2O2. The molecule has 1 aromatic rings. The van der Waals surface area contributed by atoms with E-state index >= 15 is 0 Å². The maximum Gasteiger partial charge on any atom is 0.204 e. The highest BCUT2D eigenvalue weighted by atomic mass is 19.2. The van der Waals surface area contributed by atoms with Crippen molar-refractivity contribution in [3.63, 3.8) is 0 Å². The van der Waals surface area contributed by atoms with Crippen molar-refractivity contribution in [2.24, 2.45) is 23.7 Å². The fraction of sp³-hybridized carbons (Fsp3) is 0.800. The number of aryl methyl sites for hydroxylation is 1. The van der Waals surface area contributed by atoms with Gasteiger partial charge in [0.25, 0.3) is 0 Å². The van der Waals surface area contributed by atoms with Crippen LogP contribution in [0, 0.1) is 35.3 Å². The van der Waals surface area contributed by atoms with E-state index in [-0.39, 0.29) is 17.6 Å². The summed E-state index contributed by atoms with van der Waals surface area (Å²) in [5, 5.41) is 0. The smallest absolute Gasteiger partial charge is 0.204 e. The lowest BCUT2D eigenvalue weighted by Crippen LogP contribution is -2.27. The minimum Gasteiger partial charge on any atom is -0.490 e. The standard InChI is InChI=1S/C30H46F2O2/c1-3-5-7-21-9-13-23(14-10-21)24-15-11-22(12-16-24)20-33-27-19-25-17-18-26(8-6-4-2)34-30(25)29(32)28(27)31/h19,21-24,26H,3-18,20H2,1-2H3. The Kier molecular flexibility index (Phi) is 9.53. The molecular weight excluding hydrogens is 430 g/mol. The molecule has 1 aliphatic heterocycles. The average molecular weight is 477 g/mol. The van der Waals surface area contributed by atoms with E-state index in [9.17, 15) is 8.78 Å². The van der Waals surface area contributed by atoms with Crippen LogP contribution < -0.4 is 9.47 Å². The van der Waals surface area contributed by atoms with Crippen molar-refractivity contribution < 1.29 is 18.3 Å². The highest BCUT2D eigenvalue weighted by molar-refractivity contribution is 5.44. The number of hydrogen-bond acceptors (Lipinski definition) is 2. The van der Waals surface area contributed by atoms with Gasteiger partial charge in [0.15, 0.2) is 11.5 Å². The molecule has 3 aliphatic rings. The molecule has 192 valence electrons. The van der Waals surface area contributed by atoms with Gasteiger partial charge in [0.05, 0.1) is 12.7 Å². The minimum absolute atomic E-state index is 0.00491. The Morgan fingerprint density at radius 1 is 0.794 bits per heavy atom. The summed E-state index contributed by atoms with van der Waals surface area (Å²) < 4.78 is 41.2. The van der Waals surface area contributed by atoms with Gasteiger partial charge in [-0.2, -0.15) is 8.78 Å². The SMILES string of the molecule is CCCCC1CCC(C2CCC(COc3cc4c(c(F)c3F)OC(CCCC)CC4)CC2)CC1. The molecule has 0 radical (unpaired) electrons. The zero-order valence-electron chi connectivity index (χ0n) is 21.6. The lowest BCUT2D eigenvalue weighted by atomic mass is 9.69. The average Bonchev–Trinajstić information content (AvgIpc) is 2.88. The second-order valence-electron chi connectivity index (χ2n) is 11.4. The Morgan fingerprint density at radius 3 is 2.06 bits per heavy atom. The molecule has 0 amide bonds. The molecule has 2 fully saturated rings. The van der Waals surface area contributed by atoms with Crippen molar-refractivity contribution in [2.75, 3.05) is 6.61 Å². The number of ether oxygens (including phenoxy) is 2. The molecule has 1 aromatic carbocycles. The van der Waals surface area contributed by atoms with Crippen LogP contribution in [0.4, 0.5) is 8.78 Å². The minimum atomic E-state index is -0.886. The van der Waals surface area contributed by atoms with Crippen LogP contribution in [0.2, 0.25) is 0 Å². The Hall–Kier alpha value is -1.32. The molecule has 1 unspecified atom stereocenters. The van der Waals surface area contributed by atoms with E-state index < -0.39 is 11.6 Å². The highest BCUT2D eigenvalue weighted by Crippen LogP contribution is 2.43. The molecule has 2 nitrogen and oxygen atoms in total. The monoisotopic (exact) mass is 476 g/mol. The summed E-state index contributed by atoms with van der Waals surface area (Å²) in [6.07, 6.45) is 19.3. The summed E-state index contributed by atoms with van der Waals surface area (Å²) >= 11 is 0. The molecule has 2 aliphatic carbocycles. The fourth-order valence-corrected chi connectivity index (χ4v) is 6.71. The third kappa shape index (κ3) is 6.46. The van der Waals surface area contributed by atoms with Gasteiger partial charge < -0.3 is 9.47 Å². The molecule has 4 rings (SSSR count). The second kappa shape index (κ2) is 12.6. The zero-order chi connectivity index (χ0) is 23.9. The van der Waals surface area contributed by atoms with Crippen LogP contribution in [0.25, 0.3) is 0 Å². The first-order chi connectivity index (χ1) is 16.6. The van der Waals surface area contributed by atoms with Crippen LogP contribution in [-0.4, -0.2) is 12.7 Å². The van der Waals surface area contributed by atoms with Gasteiger partial charge in [-0.25, -0.2) is 0 Å². The molecule has 0 bridgehead atoms. The molecule has 0 spiro atoms. The Balaban J connectivity index is 1.23. The van der Waals surface area contributed by atoms with Crippen LogP contribution in [0.15, 0.2) is 6.07 Å². The van der Waals surface area contributed by atoms with E-state index in [1.807, 2.05) is 0 Å². The molecule has 1 atom stereocenters. The van der Waals surface area contributed by atoms with Crippen molar-refractivity contribution in [1.82, 2.24) is 0 Å². The molecule has 34 heavy (non-hydrogen) atoms. The van der Waals surface area contributed by atoms with E-state index in [2.05, 4.69) is 13.8 Å². The molecule has 4 heteroatoms. The van der Waals surface area contributed by atoms with Gasteiger partial charge in [-0.1, -0.05) is 58.8 Å². The Morgan fingerprint density at radius 2 is 1.41 bits per heavy atom. The van der Waals surface area contributed by atoms with E-state index in [1.165, 1.54) is 57.8 Å². The van der Waals surface area contributed by atoms with Gasteiger partial charge in [-0.05, 0) is 87.5 Å². The number of benzene rings is 1. The molecule has 0 aromatic heterocycles. The second-order valence-corrected chi connectivity index (χ2v) is 11.4. The Bertz CT molecular complexity index is 764. The van der Waals surface area contributed by atoms with E-state index in [0.717, 1.165) is 68.3 Å². The Labute approximate surface area is 206 Å². The zero-order valence-corrected chi connectivity index (χ0v) is 21.6. The number of rotatable bonds is 10. The predicted molar refractivity (Wildman–Crippen MR) is 135 cm³/mol. The number of hydrogen-bond donors (Lipinski definition) is 0. The fourth-order valence-electron chi connectivity index (χ4n) is 6.71. The largest absolute Gasteiger partial charge is 0.490 e. The predicted octanol–water partition coefficient (Wildman–Crippen LogP) is 9.03. The third-order valence-corrected chi connectivity index (χ3v) is 9.00. The summed E-state index contributed by atoms with van der Waals surface area (Å²) in [4.78, 5) is 0. The number of fused-ring (bicyclic) bond motifs is 1. The van der Waals surface area contributed by atoms with Crippen LogP contribution in [-0.2, 0) is 6.42 Å². The van der Waals surface area contributed by atoms with E-state index in [1.54, 1.807) is 6.07 Å².